The number of hydrogen-bond acceptors (Lipinski definition) is 15. The van der Waals surface area contributed by atoms with Crippen molar-refractivity contribution in [1.82, 2.24) is 46.2 Å². The third-order valence-electron chi connectivity index (χ3n) is 12.6. The Balaban J connectivity index is 1.65. The second kappa shape index (κ2) is 31.4. The van der Waals surface area contributed by atoms with Gasteiger partial charge in [0.25, 0.3) is 0 Å². The molecule has 3 rings (SSSR count). The number of carboxylic acids is 1. The summed E-state index contributed by atoms with van der Waals surface area (Å²) >= 11 is 0. The zero-order chi connectivity index (χ0) is 56.7. The lowest BCUT2D eigenvalue weighted by Crippen LogP contribution is -2.61. The predicted molar refractivity (Wildman–Crippen MR) is 276 cm³/mol. The Bertz CT molecular complexity index is 2120. The Morgan fingerprint density at radius 3 is 1.63 bits per heavy atom. The summed E-state index contributed by atoms with van der Waals surface area (Å²) < 4.78 is 21.6. The second-order valence-corrected chi connectivity index (χ2v) is 20.4. The SMILES string of the molecule is CC(C)[C@@H](C(=O)NC[C@@H](NC(=O)OC(C)(C)C)C(=O)N1CCCC[C@H]1C(=O)O)N(C)C(=O)COCCNC(=O)[C@@H]1CCCCN1C(=O)[C@@H](CNC(=O)[C@H](C(C)C)N(C)C(=O)COCCN)NC(=O)OCc1ccccc1. The van der Waals surface area contributed by atoms with Crippen LogP contribution in [0, 0.1) is 11.8 Å². The summed E-state index contributed by atoms with van der Waals surface area (Å²) in [6, 6.07) is 1.91. The van der Waals surface area contributed by atoms with Crippen LogP contribution in [-0.4, -0.2) is 206 Å². The summed E-state index contributed by atoms with van der Waals surface area (Å²) in [5, 5.41) is 22.9. The van der Waals surface area contributed by atoms with E-state index in [1.54, 1.807) is 78.8 Å². The summed E-state index contributed by atoms with van der Waals surface area (Å²) in [6.45, 7) is 10.5. The lowest BCUT2D eigenvalue weighted by Gasteiger charge is -2.37. The second-order valence-electron chi connectivity index (χ2n) is 20.4. The number of amides is 9. The summed E-state index contributed by atoms with van der Waals surface area (Å²) in [7, 11) is 2.86. The van der Waals surface area contributed by atoms with Gasteiger partial charge < -0.3 is 76.0 Å². The smallest absolute Gasteiger partial charge is 0.408 e. The van der Waals surface area contributed by atoms with Crippen molar-refractivity contribution < 1.29 is 72.0 Å². The molecule has 426 valence electrons. The summed E-state index contributed by atoms with van der Waals surface area (Å²) in [4.78, 5) is 139. The first-order chi connectivity index (χ1) is 35.9. The van der Waals surface area contributed by atoms with Crippen LogP contribution in [0.3, 0.4) is 0 Å². The van der Waals surface area contributed by atoms with Crippen LogP contribution in [0.25, 0.3) is 0 Å². The van der Waals surface area contributed by atoms with E-state index in [0.717, 1.165) is 0 Å². The topological polar surface area (TPSA) is 327 Å². The number of hydrogen-bond donors (Lipinski definition) is 7. The van der Waals surface area contributed by atoms with Gasteiger partial charge in [-0.1, -0.05) is 58.0 Å². The number of carboxylic acid groups (broad SMARTS) is 1. The van der Waals surface area contributed by atoms with Crippen LogP contribution in [0.1, 0.15) is 92.6 Å². The van der Waals surface area contributed by atoms with Crippen molar-refractivity contribution in [3.63, 3.8) is 0 Å². The number of carbonyl (C=O) groups excluding carboxylic acids is 9. The maximum absolute atomic E-state index is 14.4. The molecule has 0 unspecified atom stereocenters. The molecule has 25 heteroatoms. The van der Waals surface area contributed by atoms with Crippen LogP contribution >= 0.6 is 0 Å². The molecule has 76 heavy (non-hydrogen) atoms. The summed E-state index contributed by atoms with van der Waals surface area (Å²) in [6.07, 6.45) is 0.896. The van der Waals surface area contributed by atoms with Crippen LogP contribution in [0.2, 0.25) is 0 Å². The highest BCUT2D eigenvalue weighted by atomic mass is 16.6. The molecule has 0 aromatic heterocycles. The number of rotatable bonds is 27. The molecular weight excluding hydrogens is 993 g/mol. The van der Waals surface area contributed by atoms with Gasteiger partial charge in [0.15, 0.2) is 0 Å². The lowest BCUT2D eigenvalue weighted by molar-refractivity contribution is -0.153. The number of ether oxygens (including phenoxy) is 4. The van der Waals surface area contributed by atoms with Crippen molar-refractivity contribution in [2.24, 2.45) is 17.6 Å². The standard InChI is InChI=1S/C51H82N10O15/c1-32(2)41(58(8)39(62)30-73-25-21-52)44(65)54-27-35(56-49(71)75-29-34-17-11-10-12-18-34)46(67)60-23-15-13-19-37(60)43(64)53-22-26-74-31-40(63)59(9)42(33(3)4)45(66)55-28-36(57-50(72)76-51(5,6)7)47(68)61-24-16-14-20-38(61)48(69)70/h10-12,17-18,32-33,35-38,41-42H,13-16,19-31,52H2,1-9H3,(H,53,64)(H,54,65)(H,55,66)(H,56,71)(H,57,72)(H,69,70)/t35-,36-,37+,38+,41+,42+/m1/s1. The number of aliphatic carboxylic acids is 1. The normalized spacial score (nSPS) is 17.3. The van der Waals surface area contributed by atoms with E-state index in [4.69, 9.17) is 24.7 Å². The molecule has 0 bridgehead atoms. The highest BCUT2D eigenvalue weighted by Gasteiger charge is 2.40. The maximum atomic E-state index is 14.4. The molecule has 0 saturated carbocycles. The number of carbonyl (C=O) groups is 10. The van der Waals surface area contributed by atoms with E-state index in [0.29, 0.717) is 31.2 Å². The third-order valence-corrected chi connectivity index (χ3v) is 12.6. The highest BCUT2D eigenvalue weighted by molar-refractivity contribution is 5.94. The van der Waals surface area contributed by atoms with Gasteiger partial charge in [-0.3, -0.25) is 33.6 Å². The van der Waals surface area contributed by atoms with E-state index >= 15 is 0 Å². The Morgan fingerprint density at radius 2 is 1.16 bits per heavy atom. The van der Waals surface area contributed by atoms with Gasteiger partial charge in [-0.2, -0.15) is 0 Å². The van der Waals surface area contributed by atoms with Crippen molar-refractivity contribution in [2.45, 2.75) is 135 Å². The van der Waals surface area contributed by atoms with Gasteiger partial charge in [0.2, 0.25) is 41.4 Å². The molecule has 1 aromatic rings. The summed E-state index contributed by atoms with van der Waals surface area (Å²) in [5.41, 5.74) is 5.23. The van der Waals surface area contributed by atoms with Crippen LogP contribution in [0.4, 0.5) is 9.59 Å². The fourth-order valence-corrected chi connectivity index (χ4v) is 8.82. The van der Waals surface area contributed by atoms with E-state index in [9.17, 15) is 53.1 Å². The molecular formula is C51H82N10O15. The van der Waals surface area contributed by atoms with Gasteiger partial charge in [-0.05, 0) is 76.7 Å². The minimum Gasteiger partial charge on any atom is -0.480 e. The average molecular weight is 1080 g/mol. The van der Waals surface area contributed by atoms with Crippen molar-refractivity contribution in [3.8, 4) is 0 Å². The number of benzene rings is 1. The molecule has 25 nitrogen and oxygen atoms in total. The van der Waals surface area contributed by atoms with Crippen molar-refractivity contribution in [3.05, 3.63) is 35.9 Å². The molecule has 0 aliphatic carbocycles. The molecule has 1 aromatic carbocycles. The fourth-order valence-electron chi connectivity index (χ4n) is 8.82. The molecule has 2 heterocycles. The van der Waals surface area contributed by atoms with Crippen molar-refractivity contribution >= 4 is 59.5 Å². The number of nitrogens with two attached hydrogens (primary N) is 1. The molecule has 0 radical (unpaired) electrons. The van der Waals surface area contributed by atoms with Crippen molar-refractivity contribution in [1.29, 1.82) is 0 Å². The maximum Gasteiger partial charge on any atom is 0.408 e. The molecule has 2 aliphatic rings. The first kappa shape index (κ1) is 63.7. The van der Waals surface area contributed by atoms with Gasteiger partial charge >= 0.3 is 18.2 Å². The van der Waals surface area contributed by atoms with Gasteiger partial charge in [-0.15, -0.1) is 0 Å². The zero-order valence-electron chi connectivity index (χ0n) is 45.6. The molecule has 2 fully saturated rings. The lowest BCUT2D eigenvalue weighted by atomic mass is 9.99. The first-order valence-corrected chi connectivity index (χ1v) is 25.9. The summed E-state index contributed by atoms with van der Waals surface area (Å²) in [5.74, 6) is -6.24. The van der Waals surface area contributed by atoms with Crippen LogP contribution < -0.4 is 32.3 Å². The van der Waals surface area contributed by atoms with Crippen LogP contribution in [0.5, 0.6) is 0 Å². The molecule has 6 atom stereocenters. The largest absolute Gasteiger partial charge is 0.480 e. The highest BCUT2D eigenvalue weighted by Crippen LogP contribution is 2.21. The average Bonchev–Trinajstić information content (AvgIpc) is 3.37. The van der Waals surface area contributed by atoms with Gasteiger partial charge in [0.1, 0.15) is 61.7 Å². The number of piperidine rings is 2. The van der Waals surface area contributed by atoms with E-state index < -0.39 is 127 Å². The van der Waals surface area contributed by atoms with E-state index in [1.165, 1.54) is 33.7 Å². The third kappa shape index (κ3) is 20.5. The molecule has 9 amide bonds. The zero-order valence-corrected chi connectivity index (χ0v) is 45.6. The number of likely N-dealkylation sites (tertiary alicyclic amines) is 2. The Labute approximate surface area is 445 Å². The van der Waals surface area contributed by atoms with E-state index in [-0.39, 0.29) is 71.4 Å². The van der Waals surface area contributed by atoms with E-state index in [2.05, 4.69) is 26.6 Å². The van der Waals surface area contributed by atoms with E-state index in [1.807, 2.05) is 0 Å². The minimum absolute atomic E-state index is 0.0775. The van der Waals surface area contributed by atoms with Crippen molar-refractivity contribution in [2.75, 3.05) is 79.8 Å². The Morgan fingerprint density at radius 1 is 0.684 bits per heavy atom. The molecule has 0 spiro atoms. The number of nitrogens with one attached hydrogen (secondary N) is 5. The predicted octanol–water partition coefficient (Wildman–Crippen LogP) is 0.328. The van der Waals surface area contributed by atoms with Gasteiger partial charge in [0, 0.05) is 53.4 Å². The molecule has 2 saturated heterocycles. The van der Waals surface area contributed by atoms with Gasteiger partial charge in [0.05, 0.1) is 13.2 Å². The molecule has 8 N–H and O–H groups in total. The number of nitrogens with zero attached hydrogens (tertiary/aromatic N) is 4. The first-order valence-electron chi connectivity index (χ1n) is 25.9. The number of likely N-dealkylation sites (N-methyl/N-ethyl adjacent to an activating group) is 2. The fraction of sp³-hybridized carbons (Fsp3) is 0.686. The Kier molecular flexibility index (Phi) is 26.4. The monoisotopic (exact) mass is 1070 g/mol. The van der Waals surface area contributed by atoms with Crippen LogP contribution in [0.15, 0.2) is 30.3 Å². The minimum atomic E-state index is -1.40. The Hall–Kier alpha value is -6.60. The van der Waals surface area contributed by atoms with Crippen LogP contribution in [-0.2, 0) is 63.9 Å². The molecule has 2 aliphatic heterocycles. The number of alkyl carbamates (subject to hydrolysis) is 2. The van der Waals surface area contributed by atoms with Gasteiger partial charge in [-0.25, -0.2) is 14.4 Å². The quantitative estimate of drug-likeness (QED) is 0.0584.